The normalized spacial score (nSPS) is 18.8. The Hall–Kier alpha value is -1.06. The second kappa shape index (κ2) is 13.3. The molecule has 7 heteroatoms. The Morgan fingerprint density at radius 1 is 1.10 bits per heavy atom. The molecule has 0 unspecified atom stereocenters. The fourth-order valence-corrected chi connectivity index (χ4v) is 4.09. The summed E-state index contributed by atoms with van der Waals surface area (Å²) >= 11 is 0. The van der Waals surface area contributed by atoms with E-state index in [9.17, 15) is 0 Å². The topological polar surface area (TPSA) is 52.1 Å². The van der Waals surface area contributed by atoms with E-state index < -0.39 is 0 Å². The number of anilines is 1. The monoisotopic (exact) mass is 515 g/mol. The fourth-order valence-electron chi connectivity index (χ4n) is 4.09. The quantitative estimate of drug-likeness (QED) is 0.332. The van der Waals surface area contributed by atoms with Gasteiger partial charge in [-0.2, -0.15) is 0 Å². The minimum atomic E-state index is 0. The molecule has 3 rings (SSSR count). The number of morpholine rings is 1. The molecule has 0 bridgehead atoms. The van der Waals surface area contributed by atoms with Crippen molar-refractivity contribution in [3.8, 4) is 0 Å². The van der Waals surface area contributed by atoms with Gasteiger partial charge in [0.15, 0.2) is 5.96 Å². The molecule has 2 fully saturated rings. The van der Waals surface area contributed by atoms with Crippen LogP contribution in [-0.2, 0) is 11.3 Å². The molecule has 1 aromatic rings. The predicted molar refractivity (Wildman–Crippen MR) is 133 cm³/mol. The molecule has 0 atom stereocenters. The molecule has 1 saturated heterocycles. The zero-order valence-corrected chi connectivity index (χ0v) is 20.4. The molecule has 1 aromatic carbocycles. The average molecular weight is 515 g/mol. The van der Waals surface area contributed by atoms with E-state index in [4.69, 9.17) is 4.74 Å². The van der Waals surface area contributed by atoms with E-state index in [-0.39, 0.29) is 24.0 Å². The van der Waals surface area contributed by atoms with Gasteiger partial charge >= 0.3 is 0 Å². The largest absolute Gasteiger partial charge is 0.379 e. The summed E-state index contributed by atoms with van der Waals surface area (Å²) < 4.78 is 5.39. The molecule has 0 spiro atoms. The summed E-state index contributed by atoms with van der Waals surface area (Å²) in [7, 11) is 4.07. The molecule has 2 N–H and O–H groups in total. The van der Waals surface area contributed by atoms with Crippen LogP contribution in [0.4, 0.5) is 5.69 Å². The highest BCUT2D eigenvalue weighted by Gasteiger charge is 2.18. The number of ether oxygens (including phenoxy) is 1. The number of halogens is 1. The van der Waals surface area contributed by atoms with E-state index in [2.05, 4.69) is 56.7 Å². The summed E-state index contributed by atoms with van der Waals surface area (Å²) in [6.07, 6.45) is 6.79. The molecule has 1 heterocycles. The standard InChI is InChI=1S/C22H37N5O.HI/c1-23-22(24-12-13-27-14-16-28-17-15-27)25-18-19-8-10-21(11-9-19)26(2)20-6-4-3-5-7-20;/h8-11,20H,3-7,12-18H2,1-2H3,(H2,23,24,25);1H. The maximum Gasteiger partial charge on any atom is 0.191 e. The van der Waals surface area contributed by atoms with Gasteiger partial charge < -0.3 is 20.3 Å². The van der Waals surface area contributed by atoms with Gasteiger partial charge in [0, 0.05) is 58.5 Å². The van der Waals surface area contributed by atoms with Crippen LogP contribution in [0.1, 0.15) is 37.7 Å². The summed E-state index contributed by atoms with van der Waals surface area (Å²) in [6.45, 7) is 6.43. The van der Waals surface area contributed by atoms with E-state index in [1.165, 1.54) is 43.4 Å². The van der Waals surface area contributed by atoms with Gasteiger partial charge in [-0.05, 0) is 30.5 Å². The number of benzene rings is 1. The summed E-state index contributed by atoms with van der Waals surface area (Å²) in [5.74, 6) is 0.858. The zero-order chi connectivity index (χ0) is 19.6. The molecule has 1 saturated carbocycles. The molecular formula is C22H38IN5O. The number of guanidine groups is 1. The fraction of sp³-hybridized carbons (Fsp3) is 0.682. The van der Waals surface area contributed by atoms with Gasteiger partial charge in [0.2, 0.25) is 0 Å². The van der Waals surface area contributed by atoms with Crippen LogP contribution < -0.4 is 15.5 Å². The van der Waals surface area contributed by atoms with Crippen molar-refractivity contribution in [1.29, 1.82) is 0 Å². The van der Waals surface area contributed by atoms with Crippen molar-refractivity contribution in [3.05, 3.63) is 29.8 Å². The Morgan fingerprint density at radius 3 is 2.45 bits per heavy atom. The third-order valence-electron chi connectivity index (χ3n) is 5.97. The Labute approximate surface area is 193 Å². The first-order valence-electron chi connectivity index (χ1n) is 10.8. The van der Waals surface area contributed by atoms with Crippen molar-refractivity contribution < 1.29 is 4.74 Å². The summed E-state index contributed by atoms with van der Waals surface area (Å²) in [5, 5.41) is 6.83. The Balaban J connectivity index is 0.00000300. The van der Waals surface area contributed by atoms with Crippen LogP contribution in [0, 0.1) is 0 Å². The molecular weight excluding hydrogens is 477 g/mol. The van der Waals surface area contributed by atoms with Crippen LogP contribution in [0.25, 0.3) is 0 Å². The smallest absolute Gasteiger partial charge is 0.191 e. The van der Waals surface area contributed by atoms with Crippen LogP contribution in [-0.4, -0.2) is 70.4 Å². The number of nitrogens with one attached hydrogen (secondary N) is 2. The van der Waals surface area contributed by atoms with Gasteiger partial charge in [-0.15, -0.1) is 24.0 Å². The van der Waals surface area contributed by atoms with Crippen LogP contribution in [0.3, 0.4) is 0 Å². The average Bonchev–Trinajstić information content (AvgIpc) is 2.77. The van der Waals surface area contributed by atoms with Gasteiger partial charge in [0.05, 0.1) is 13.2 Å². The predicted octanol–water partition coefficient (Wildman–Crippen LogP) is 3.07. The minimum Gasteiger partial charge on any atom is -0.379 e. The van der Waals surface area contributed by atoms with E-state index >= 15 is 0 Å². The van der Waals surface area contributed by atoms with Crippen LogP contribution in [0.2, 0.25) is 0 Å². The summed E-state index contributed by atoms with van der Waals surface area (Å²) in [4.78, 5) is 9.22. The minimum absolute atomic E-state index is 0. The van der Waals surface area contributed by atoms with Crippen molar-refractivity contribution in [2.75, 3.05) is 58.4 Å². The number of hydrogen-bond donors (Lipinski definition) is 2. The van der Waals surface area contributed by atoms with Crippen LogP contribution in [0.15, 0.2) is 29.3 Å². The van der Waals surface area contributed by atoms with Crippen molar-refractivity contribution in [1.82, 2.24) is 15.5 Å². The SMILES string of the molecule is CN=C(NCCN1CCOCC1)NCc1ccc(N(C)C2CCCCC2)cc1.I. The second-order valence-electron chi connectivity index (χ2n) is 7.88. The molecule has 29 heavy (non-hydrogen) atoms. The second-order valence-corrected chi connectivity index (χ2v) is 7.88. The van der Waals surface area contributed by atoms with Gasteiger partial charge in [-0.1, -0.05) is 31.4 Å². The highest BCUT2D eigenvalue weighted by molar-refractivity contribution is 14.0. The Bertz CT molecular complexity index is 598. The number of hydrogen-bond acceptors (Lipinski definition) is 4. The van der Waals surface area contributed by atoms with Gasteiger partial charge in [0.25, 0.3) is 0 Å². The zero-order valence-electron chi connectivity index (χ0n) is 18.0. The maximum atomic E-state index is 5.39. The van der Waals surface area contributed by atoms with E-state index in [1.807, 2.05) is 7.05 Å². The Morgan fingerprint density at radius 2 is 1.79 bits per heavy atom. The number of rotatable bonds is 7. The molecule has 164 valence electrons. The van der Waals surface area contributed by atoms with Crippen molar-refractivity contribution in [2.24, 2.45) is 4.99 Å². The molecule has 6 nitrogen and oxygen atoms in total. The first-order chi connectivity index (χ1) is 13.8. The molecule has 0 amide bonds. The van der Waals surface area contributed by atoms with Crippen molar-refractivity contribution >= 4 is 35.6 Å². The first-order valence-corrected chi connectivity index (χ1v) is 10.8. The van der Waals surface area contributed by atoms with E-state index in [0.29, 0.717) is 6.04 Å². The van der Waals surface area contributed by atoms with Gasteiger partial charge in [-0.25, -0.2) is 0 Å². The molecule has 2 aliphatic rings. The van der Waals surface area contributed by atoms with Gasteiger partial charge in [-0.3, -0.25) is 9.89 Å². The third-order valence-corrected chi connectivity index (χ3v) is 5.97. The van der Waals surface area contributed by atoms with Crippen LogP contribution in [0.5, 0.6) is 0 Å². The van der Waals surface area contributed by atoms with Gasteiger partial charge in [0.1, 0.15) is 0 Å². The first kappa shape index (κ1) is 24.2. The van der Waals surface area contributed by atoms with Crippen molar-refractivity contribution in [2.45, 2.75) is 44.7 Å². The lowest BCUT2D eigenvalue weighted by atomic mass is 9.94. The molecule has 0 aromatic heterocycles. The molecule has 0 radical (unpaired) electrons. The van der Waals surface area contributed by atoms with E-state index in [1.54, 1.807) is 0 Å². The lowest BCUT2D eigenvalue weighted by molar-refractivity contribution is 0.0389. The number of aliphatic imine (C=N–C) groups is 1. The highest BCUT2D eigenvalue weighted by Crippen LogP contribution is 2.26. The molecule has 1 aliphatic carbocycles. The third kappa shape index (κ3) is 7.94. The lowest BCUT2D eigenvalue weighted by Gasteiger charge is -2.33. The van der Waals surface area contributed by atoms with Crippen molar-refractivity contribution in [3.63, 3.8) is 0 Å². The highest BCUT2D eigenvalue weighted by atomic mass is 127. The number of nitrogens with zero attached hydrogens (tertiary/aromatic N) is 3. The summed E-state index contributed by atoms with van der Waals surface area (Å²) in [5.41, 5.74) is 2.60. The molecule has 1 aliphatic heterocycles. The Kier molecular flexibility index (Phi) is 11.1. The summed E-state index contributed by atoms with van der Waals surface area (Å²) in [6, 6.07) is 9.65. The van der Waals surface area contributed by atoms with Crippen LogP contribution >= 0.6 is 24.0 Å². The maximum absolute atomic E-state index is 5.39. The lowest BCUT2D eigenvalue weighted by Crippen LogP contribution is -2.44. The van der Waals surface area contributed by atoms with E-state index in [0.717, 1.165) is 51.9 Å².